The Labute approximate surface area is 105 Å². The Balaban J connectivity index is 3.11. The Bertz CT molecular complexity index is 517. The summed E-state index contributed by atoms with van der Waals surface area (Å²) < 4.78 is 2.51. The molecule has 4 nitrogen and oxygen atoms in total. The molecule has 1 rings (SSSR count). The number of nitriles is 1. The minimum atomic E-state index is 0.317. The summed E-state index contributed by atoms with van der Waals surface area (Å²) in [6.07, 6.45) is 1.86. The molecule has 5 heteroatoms. The molecule has 0 saturated heterocycles. The van der Waals surface area contributed by atoms with Crippen molar-refractivity contribution in [2.45, 2.75) is 13.8 Å². The topological polar surface area (TPSA) is 67.6 Å². The second-order valence-corrected chi connectivity index (χ2v) is 4.74. The van der Waals surface area contributed by atoms with Gasteiger partial charge in [-0.2, -0.15) is 0 Å². The van der Waals surface area contributed by atoms with Crippen molar-refractivity contribution in [3.05, 3.63) is 35.6 Å². The predicted molar refractivity (Wildman–Crippen MR) is 59.0 cm³/mol. The third-order valence-electron chi connectivity index (χ3n) is 1.83. The van der Waals surface area contributed by atoms with Gasteiger partial charge in [0, 0.05) is 0 Å². The summed E-state index contributed by atoms with van der Waals surface area (Å²) in [6.45, 7) is 9.36. The van der Waals surface area contributed by atoms with E-state index in [2.05, 4.69) is 5.10 Å². The van der Waals surface area contributed by atoms with Crippen LogP contribution in [0.4, 0.5) is 5.82 Å². The molecular weight excluding hydrogens is 372 g/mol. The van der Waals surface area contributed by atoms with Gasteiger partial charge in [-0.3, -0.25) is 0 Å². The van der Waals surface area contributed by atoms with Gasteiger partial charge in [0.1, 0.15) is 0 Å². The Morgan fingerprint density at radius 1 is 1.69 bits per heavy atom. The van der Waals surface area contributed by atoms with Crippen molar-refractivity contribution in [2.24, 2.45) is 0 Å². The van der Waals surface area contributed by atoms with Crippen LogP contribution in [-0.4, -0.2) is 13.8 Å². The van der Waals surface area contributed by atoms with Gasteiger partial charge >= 0.3 is 105 Å². The number of aromatic nitrogens is 2. The van der Waals surface area contributed by atoms with Gasteiger partial charge in [0.05, 0.1) is 0 Å². The van der Waals surface area contributed by atoms with Gasteiger partial charge in [0.2, 0.25) is 0 Å². The number of nitrogens with two attached hydrogens (primary N) is 1. The van der Waals surface area contributed by atoms with Gasteiger partial charge in [-0.05, 0) is 0 Å². The number of nitrogen functional groups attached to an aromatic ring is 1. The van der Waals surface area contributed by atoms with E-state index in [1.807, 2.05) is 26.0 Å². The van der Waals surface area contributed by atoms with Crippen molar-refractivity contribution in [1.29, 1.82) is 5.26 Å². The number of nitrogens with zero attached hydrogens (tertiary/aromatic N) is 3. The standard InChI is InChI=1S/C11H11N4.W/c1-8(2)4-9(3)7-15-11(13)5-10(6-12)14-15;/h1,4-5H,13H2,2-3H3;/q-1;/b9-4-;. The van der Waals surface area contributed by atoms with E-state index in [4.69, 9.17) is 17.6 Å². The summed E-state index contributed by atoms with van der Waals surface area (Å²) >= 11 is 1.21. The van der Waals surface area contributed by atoms with Gasteiger partial charge in [-0.15, -0.1) is 0 Å². The number of hydrogen-bond donors (Lipinski definition) is 1. The SMILES string of the molecule is [CH-]=C(C)/C=C(/C)[C](=[W])n1nc(C#N)cc1N. The molecule has 0 bridgehead atoms. The van der Waals surface area contributed by atoms with E-state index in [0.29, 0.717) is 11.5 Å². The zero-order valence-corrected chi connectivity index (χ0v) is 12.0. The Hall–Kier alpha value is -1.46. The molecule has 1 aromatic rings. The van der Waals surface area contributed by atoms with Crippen LogP contribution in [0.25, 0.3) is 0 Å². The molecule has 82 valence electrons. The first-order valence-corrected chi connectivity index (χ1v) is 6.00. The zero-order chi connectivity index (χ0) is 12.3. The van der Waals surface area contributed by atoms with Crippen LogP contribution in [0, 0.1) is 17.9 Å². The first kappa shape index (κ1) is 12.6. The van der Waals surface area contributed by atoms with Gasteiger partial charge in [0.25, 0.3) is 0 Å². The molecular formula is C11H11N4W-. The average Bonchev–Trinajstić information content (AvgIpc) is 2.57. The summed E-state index contributed by atoms with van der Waals surface area (Å²) in [4.78, 5) is 0. The van der Waals surface area contributed by atoms with E-state index in [1.54, 1.807) is 10.7 Å². The van der Waals surface area contributed by atoms with Crippen molar-refractivity contribution in [3.8, 4) is 6.07 Å². The molecule has 1 aromatic heterocycles. The van der Waals surface area contributed by atoms with Gasteiger partial charge < -0.3 is 0 Å². The zero-order valence-electron chi connectivity index (χ0n) is 9.06. The Morgan fingerprint density at radius 2 is 2.31 bits per heavy atom. The molecule has 0 radical (unpaired) electrons. The summed E-state index contributed by atoms with van der Waals surface area (Å²) in [5, 5.41) is 12.8. The first-order valence-electron chi connectivity index (χ1n) is 4.53. The molecule has 0 amide bonds. The summed E-state index contributed by atoms with van der Waals surface area (Å²) in [6, 6.07) is 3.51. The number of allylic oxidation sites excluding steroid dienone is 3. The molecule has 0 aliphatic rings. The molecule has 0 fully saturated rings. The summed E-state index contributed by atoms with van der Waals surface area (Å²) in [7, 11) is 0. The van der Waals surface area contributed by atoms with Crippen LogP contribution in [-0.2, 0) is 19.4 Å². The van der Waals surface area contributed by atoms with Gasteiger partial charge in [-0.1, -0.05) is 0 Å². The van der Waals surface area contributed by atoms with Crippen LogP contribution >= 0.6 is 0 Å². The molecule has 0 atom stereocenters. The quantitative estimate of drug-likeness (QED) is 0.630. The van der Waals surface area contributed by atoms with Crippen molar-refractivity contribution < 1.29 is 19.4 Å². The molecule has 0 unspecified atom stereocenters. The molecule has 0 aromatic carbocycles. The van der Waals surface area contributed by atoms with Crippen LogP contribution in [0.1, 0.15) is 19.5 Å². The predicted octanol–water partition coefficient (Wildman–Crippen LogP) is 1.19. The number of hydrogen-bond acceptors (Lipinski definition) is 3. The first-order chi connectivity index (χ1) is 7.45. The molecule has 0 aliphatic carbocycles. The van der Waals surface area contributed by atoms with Crippen LogP contribution in [0.2, 0.25) is 0 Å². The normalized spacial score (nSPS) is 10.9. The van der Waals surface area contributed by atoms with E-state index in [9.17, 15) is 0 Å². The van der Waals surface area contributed by atoms with Crippen molar-refractivity contribution in [3.63, 3.8) is 0 Å². The van der Waals surface area contributed by atoms with E-state index in [0.717, 1.165) is 15.2 Å². The molecule has 0 spiro atoms. The van der Waals surface area contributed by atoms with Gasteiger partial charge in [-0.25, -0.2) is 0 Å². The van der Waals surface area contributed by atoms with Crippen LogP contribution in [0.5, 0.6) is 0 Å². The fourth-order valence-electron chi connectivity index (χ4n) is 1.18. The third kappa shape index (κ3) is 2.77. The molecule has 0 saturated carbocycles. The number of rotatable bonds is 3. The molecule has 16 heavy (non-hydrogen) atoms. The molecule has 2 N–H and O–H groups in total. The van der Waals surface area contributed by atoms with Crippen LogP contribution in [0.3, 0.4) is 0 Å². The second kappa shape index (κ2) is 5.05. The van der Waals surface area contributed by atoms with Crippen LogP contribution in [0.15, 0.2) is 23.3 Å². The van der Waals surface area contributed by atoms with Crippen molar-refractivity contribution in [1.82, 2.24) is 9.78 Å². The molecule has 0 aliphatic heterocycles. The van der Waals surface area contributed by atoms with Gasteiger partial charge in [0.15, 0.2) is 0 Å². The Morgan fingerprint density at radius 3 is 2.75 bits per heavy atom. The summed E-state index contributed by atoms with van der Waals surface area (Å²) in [5.41, 5.74) is 7.80. The van der Waals surface area contributed by atoms with E-state index >= 15 is 0 Å². The second-order valence-electron chi connectivity index (χ2n) is 3.35. The fourth-order valence-corrected chi connectivity index (χ4v) is 1.92. The van der Waals surface area contributed by atoms with E-state index in [1.165, 1.54) is 19.4 Å². The van der Waals surface area contributed by atoms with Crippen molar-refractivity contribution in [2.75, 3.05) is 5.73 Å². The van der Waals surface area contributed by atoms with Crippen LogP contribution < -0.4 is 5.73 Å². The third-order valence-corrected chi connectivity index (χ3v) is 3.60. The van der Waals surface area contributed by atoms with E-state index in [-0.39, 0.29) is 0 Å². The summed E-state index contributed by atoms with van der Waals surface area (Å²) in [5.74, 6) is 0.462. The fraction of sp³-hybridized carbons (Fsp3) is 0.182. The maximum absolute atomic E-state index is 8.72. The van der Waals surface area contributed by atoms with E-state index < -0.39 is 0 Å². The average molecular weight is 383 g/mol. The van der Waals surface area contributed by atoms with Crippen molar-refractivity contribution >= 4 is 9.84 Å². The number of anilines is 1. The maximum atomic E-state index is 8.72. The molecule has 1 heterocycles. The Kier molecular flexibility index (Phi) is 3.98. The monoisotopic (exact) mass is 383 g/mol. The minimum absolute atomic E-state index is 0.317.